The molecule has 6 heteroatoms. The van der Waals surface area contributed by atoms with E-state index in [2.05, 4.69) is 0 Å². The highest BCUT2D eigenvalue weighted by Gasteiger charge is 2.21. The van der Waals surface area contributed by atoms with Crippen molar-refractivity contribution in [2.75, 3.05) is 6.26 Å². The molecule has 5 nitrogen and oxygen atoms in total. The summed E-state index contributed by atoms with van der Waals surface area (Å²) in [6.45, 7) is 0. The predicted molar refractivity (Wildman–Crippen MR) is 77.0 cm³/mol. The van der Waals surface area contributed by atoms with E-state index in [0.29, 0.717) is 11.3 Å². The summed E-state index contributed by atoms with van der Waals surface area (Å²) in [6, 6.07) is 14.2. The Balaban J connectivity index is 2.24. The average Bonchev–Trinajstić information content (AvgIpc) is 2.45. The smallest absolute Gasteiger partial charge is 0.349 e. The van der Waals surface area contributed by atoms with Crippen LogP contribution < -0.4 is 4.74 Å². The van der Waals surface area contributed by atoms with Gasteiger partial charge in [-0.1, -0.05) is 30.3 Å². The highest BCUT2D eigenvalue weighted by Crippen LogP contribution is 2.23. The first-order chi connectivity index (χ1) is 9.88. The van der Waals surface area contributed by atoms with Crippen molar-refractivity contribution < 1.29 is 23.1 Å². The van der Waals surface area contributed by atoms with Gasteiger partial charge in [0.15, 0.2) is 9.84 Å². The number of hydrogen-bond donors (Lipinski definition) is 1. The summed E-state index contributed by atoms with van der Waals surface area (Å²) in [6.07, 6.45) is -0.0392. The molecule has 0 spiro atoms. The quantitative estimate of drug-likeness (QED) is 0.916. The van der Waals surface area contributed by atoms with Gasteiger partial charge in [0.25, 0.3) is 0 Å². The molecule has 0 aliphatic rings. The van der Waals surface area contributed by atoms with Gasteiger partial charge < -0.3 is 9.84 Å². The molecule has 0 radical (unpaired) electrons. The first-order valence-corrected chi connectivity index (χ1v) is 8.01. The standard InChI is InChI=1S/C15H14O5S/c1-21(18,19)13-9-7-12(8-10-13)20-14(15(16)17)11-5-3-2-4-6-11/h2-10,14H,1H3,(H,16,17). The molecule has 0 saturated heterocycles. The van der Waals surface area contributed by atoms with Gasteiger partial charge in [-0.3, -0.25) is 0 Å². The Morgan fingerprint density at radius 2 is 1.62 bits per heavy atom. The number of rotatable bonds is 5. The Labute approximate surface area is 122 Å². The van der Waals surface area contributed by atoms with E-state index in [0.717, 1.165) is 6.26 Å². The predicted octanol–water partition coefficient (Wildman–Crippen LogP) is 2.29. The first kappa shape index (κ1) is 15.1. The zero-order valence-corrected chi connectivity index (χ0v) is 12.1. The number of aliphatic carboxylic acids is 1. The zero-order chi connectivity index (χ0) is 15.5. The zero-order valence-electron chi connectivity index (χ0n) is 11.3. The molecule has 0 fully saturated rings. The summed E-state index contributed by atoms with van der Waals surface area (Å²) in [7, 11) is -3.29. The maximum Gasteiger partial charge on any atom is 0.349 e. The summed E-state index contributed by atoms with van der Waals surface area (Å²) in [5.41, 5.74) is 0.511. The number of carboxylic acid groups (broad SMARTS) is 1. The fourth-order valence-corrected chi connectivity index (χ4v) is 2.42. The molecule has 0 aromatic heterocycles. The van der Waals surface area contributed by atoms with Crippen molar-refractivity contribution in [3.8, 4) is 5.75 Å². The molecular weight excluding hydrogens is 292 g/mol. The van der Waals surface area contributed by atoms with E-state index in [1.165, 1.54) is 24.3 Å². The third kappa shape index (κ3) is 3.82. The molecule has 0 aliphatic carbocycles. The van der Waals surface area contributed by atoms with Crippen molar-refractivity contribution in [2.45, 2.75) is 11.0 Å². The van der Waals surface area contributed by atoms with E-state index < -0.39 is 21.9 Å². The van der Waals surface area contributed by atoms with Gasteiger partial charge in [-0.15, -0.1) is 0 Å². The van der Waals surface area contributed by atoms with Gasteiger partial charge in [0.1, 0.15) is 5.75 Å². The maximum absolute atomic E-state index is 11.4. The maximum atomic E-state index is 11.4. The third-order valence-corrected chi connectivity index (χ3v) is 3.96. The first-order valence-electron chi connectivity index (χ1n) is 6.12. The van der Waals surface area contributed by atoms with Crippen molar-refractivity contribution in [2.24, 2.45) is 0 Å². The van der Waals surface area contributed by atoms with E-state index in [4.69, 9.17) is 4.74 Å². The van der Waals surface area contributed by atoms with Crippen LogP contribution in [0, 0.1) is 0 Å². The summed E-state index contributed by atoms with van der Waals surface area (Å²) in [4.78, 5) is 11.5. The number of benzene rings is 2. The lowest BCUT2D eigenvalue weighted by molar-refractivity contribution is -0.145. The number of sulfone groups is 1. The molecule has 0 saturated carbocycles. The van der Waals surface area contributed by atoms with Crippen molar-refractivity contribution in [3.63, 3.8) is 0 Å². The van der Waals surface area contributed by atoms with Crippen LogP contribution in [-0.2, 0) is 14.6 Å². The lowest BCUT2D eigenvalue weighted by Crippen LogP contribution is -2.18. The van der Waals surface area contributed by atoms with Crippen molar-refractivity contribution in [3.05, 3.63) is 60.2 Å². The van der Waals surface area contributed by atoms with Crippen molar-refractivity contribution in [1.82, 2.24) is 0 Å². The van der Waals surface area contributed by atoms with Crippen LogP contribution in [-0.4, -0.2) is 25.7 Å². The molecule has 0 aliphatic heterocycles. The Bertz CT molecular complexity index is 720. The molecule has 1 N–H and O–H groups in total. The molecular formula is C15H14O5S. The van der Waals surface area contributed by atoms with Crippen LogP contribution in [0.2, 0.25) is 0 Å². The molecule has 0 bridgehead atoms. The molecule has 21 heavy (non-hydrogen) atoms. The molecule has 1 unspecified atom stereocenters. The van der Waals surface area contributed by atoms with E-state index in [1.807, 2.05) is 0 Å². The molecule has 2 aromatic carbocycles. The Kier molecular flexibility index (Phi) is 4.28. The number of carbonyl (C=O) groups is 1. The van der Waals surface area contributed by atoms with Gasteiger partial charge in [-0.25, -0.2) is 13.2 Å². The Morgan fingerprint density at radius 1 is 1.05 bits per heavy atom. The SMILES string of the molecule is CS(=O)(=O)c1ccc(OC(C(=O)O)c2ccccc2)cc1. The summed E-state index contributed by atoms with van der Waals surface area (Å²) < 4.78 is 28.2. The minimum Gasteiger partial charge on any atom is -0.478 e. The highest BCUT2D eigenvalue weighted by atomic mass is 32.2. The van der Waals surface area contributed by atoms with E-state index in [-0.39, 0.29) is 4.90 Å². The van der Waals surface area contributed by atoms with E-state index >= 15 is 0 Å². The second-order valence-corrected chi connectivity index (χ2v) is 6.51. The number of ether oxygens (including phenoxy) is 1. The van der Waals surface area contributed by atoms with Crippen LogP contribution in [0.3, 0.4) is 0 Å². The second-order valence-electron chi connectivity index (χ2n) is 4.49. The van der Waals surface area contributed by atoms with Crippen LogP contribution in [0.4, 0.5) is 0 Å². The summed E-state index contributed by atoms with van der Waals surface area (Å²) in [5, 5.41) is 9.25. The van der Waals surface area contributed by atoms with Crippen molar-refractivity contribution in [1.29, 1.82) is 0 Å². The summed E-state index contributed by atoms with van der Waals surface area (Å²) in [5.74, 6) is -0.827. The minimum absolute atomic E-state index is 0.154. The second kappa shape index (κ2) is 5.97. The largest absolute Gasteiger partial charge is 0.478 e. The van der Waals surface area contributed by atoms with Crippen LogP contribution in [0.25, 0.3) is 0 Å². The summed E-state index contributed by atoms with van der Waals surface area (Å²) >= 11 is 0. The van der Waals surface area contributed by atoms with Gasteiger partial charge in [0.05, 0.1) is 4.90 Å². The van der Waals surface area contributed by atoms with Gasteiger partial charge in [0, 0.05) is 11.8 Å². The lowest BCUT2D eigenvalue weighted by Gasteiger charge is -2.15. The molecule has 0 amide bonds. The fraction of sp³-hybridized carbons (Fsp3) is 0.133. The fourth-order valence-electron chi connectivity index (χ4n) is 1.79. The molecule has 0 heterocycles. The van der Waals surface area contributed by atoms with E-state index in [9.17, 15) is 18.3 Å². The van der Waals surface area contributed by atoms with Gasteiger partial charge in [0.2, 0.25) is 6.10 Å². The average molecular weight is 306 g/mol. The van der Waals surface area contributed by atoms with Gasteiger partial charge in [-0.05, 0) is 24.3 Å². The number of carboxylic acids is 1. The molecule has 2 rings (SSSR count). The third-order valence-electron chi connectivity index (χ3n) is 2.83. The van der Waals surface area contributed by atoms with Crippen LogP contribution in [0.1, 0.15) is 11.7 Å². The molecule has 2 aromatic rings. The molecule has 110 valence electrons. The topological polar surface area (TPSA) is 80.7 Å². The molecule has 1 atom stereocenters. The normalized spacial score (nSPS) is 12.6. The van der Waals surface area contributed by atoms with Crippen LogP contribution in [0.5, 0.6) is 5.75 Å². The van der Waals surface area contributed by atoms with Gasteiger partial charge in [-0.2, -0.15) is 0 Å². The van der Waals surface area contributed by atoms with Crippen molar-refractivity contribution >= 4 is 15.8 Å². The van der Waals surface area contributed by atoms with E-state index in [1.54, 1.807) is 30.3 Å². The minimum atomic E-state index is -3.29. The number of hydrogen-bond acceptors (Lipinski definition) is 4. The van der Waals surface area contributed by atoms with Gasteiger partial charge >= 0.3 is 5.97 Å². The van der Waals surface area contributed by atoms with Crippen LogP contribution in [0.15, 0.2) is 59.5 Å². The highest BCUT2D eigenvalue weighted by molar-refractivity contribution is 7.90. The monoisotopic (exact) mass is 306 g/mol. The Hall–Kier alpha value is -2.34. The van der Waals surface area contributed by atoms with Crippen LogP contribution >= 0.6 is 0 Å². The lowest BCUT2D eigenvalue weighted by atomic mass is 10.1. The Morgan fingerprint density at radius 3 is 2.10 bits per heavy atom.